The second-order valence-corrected chi connectivity index (χ2v) is 7.88. The summed E-state index contributed by atoms with van der Waals surface area (Å²) in [5.74, 6) is -0.323. The lowest BCUT2D eigenvalue weighted by Crippen LogP contribution is -2.50. The van der Waals surface area contributed by atoms with E-state index in [2.05, 4.69) is 10.1 Å². The zero-order valence-electron chi connectivity index (χ0n) is 16.7. The van der Waals surface area contributed by atoms with Gasteiger partial charge in [0.05, 0.1) is 40.1 Å². The van der Waals surface area contributed by atoms with Crippen LogP contribution in [0.5, 0.6) is 0 Å². The number of carbonyl (C=O) groups is 1. The molecule has 3 aromatic rings. The molecule has 0 saturated carbocycles. The first kappa shape index (κ1) is 20.3. The highest BCUT2D eigenvalue weighted by Gasteiger charge is 2.35. The van der Waals surface area contributed by atoms with Crippen LogP contribution in [0.2, 0.25) is 0 Å². The highest BCUT2D eigenvalue weighted by molar-refractivity contribution is 6.07. The summed E-state index contributed by atoms with van der Waals surface area (Å²) in [6.07, 6.45) is -4.57. The van der Waals surface area contributed by atoms with Gasteiger partial charge in [0.2, 0.25) is 0 Å². The van der Waals surface area contributed by atoms with E-state index in [1.165, 1.54) is 24.3 Å². The summed E-state index contributed by atoms with van der Waals surface area (Å²) >= 11 is 0. The van der Waals surface area contributed by atoms with Gasteiger partial charge in [-0.05, 0) is 32.9 Å². The van der Waals surface area contributed by atoms with Crippen LogP contribution in [0.1, 0.15) is 35.5 Å². The maximum atomic E-state index is 13.5. The van der Waals surface area contributed by atoms with Crippen molar-refractivity contribution in [3.8, 4) is 11.3 Å². The number of halogens is 3. The van der Waals surface area contributed by atoms with E-state index >= 15 is 0 Å². The highest BCUT2D eigenvalue weighted by Crippen LogP contribution is 2.38. The fourth-order valence-electron chi connectivity index (χ4n) is 3.72. The molecule has 0 radical (unpaired) electrons. The Labute approximate surface area is 170 Å². The van der Waals surface area contributed by atoms with Gasteiger partial charge in [-0.1, -0.05) is 23.4 Å². The van der Waals surface area contributed by atoms with E-state index in [4.69, 9.17) is 9.26 Å². The molecule has 4 rings (SSSR count). The number of amides is 1. The third-order valence-electron chi connectivity index (χ3n) is 5.07. The molecule has 9 heteroatoms. The number of morpholine rings is 1. The molecule has 0 N–H and O–H groups in total. The molecule has 1 saturated heterocycles. The maximum Gasteiger partial charge on any atom is 0.417 e. The number of hydrogen-bond acceptors (Lipinski definition) is 5. The Morgan fingerprint density at radius 2 is 1.97 bits per heavy atom. The molecule has 2 aromatic heterocycles. The largest absolute Gasteiger partial charge is 0.417 e. The van der Waals surface area contributed by atoms with E-state index in [-0.39, 0.29) is 28.4 Å². The van der Waals surface area contributed by atoms with Crippen molar-refractivity contribution in [3.05, 3.63) is 47.2 Å². The van der Waals surface area contributed by atoms with Gasteiger partial charge >= 0.3 is 6.18 Å². The minimum Gasteiger partial charge on any atom is -0.372 e. The molecule has 0 unspecified atom stereocenters. The molecule has 1 aliphatic heterocycles. The second-order valence-electron chi connectivity index (χ2n) is 7.88. The second kappa shape index (κ2) is 7.09. The number of fused-ring (bicyclic) bond motifs is 1. The van der Waals surface area contributed by atoms with Crippen LogP contribution >= 0.6 is 0 Å². The summed E-state index contributed by atoms with van der Waals surface area (Å²) < 4.78 is 51.5. The fraction of sp³-hybridized carbons (Fsp3) is 0.381. The number of benzene rings is 1. The van der Waals surface area contributed by atoms with Crippen LogP contribution in [0.3, 0.4) is 0 Å². The molecule has 1 aliphatic rings. The summed E-state index contributed by atoms with van der Waals surface area (Å²) in [6.45, 7) is 6.53. The predicted octanol–water partition coefficient (Wildman–Crippen LogP) is 4.47. The Hall–Kier alpha value is -2.94. The molecule has 0 spiro atoms. The van der Waals surface area contributed by atoms with Gasteiger partial charge in [0.25, 0.3) is 11.6 Å². The minimum absolute atomic E-state index is 0.00226. The van der Waals surface area contributed by atoms with Gasteiger partial charge in [-0.2, -0.15) is 13.2 Å². The molecule has 158 valence electrons. The number of ether oxygens (including phenoxy) is 1. The zero-order valence-corrected chi connectivity index (χ0v) is 16.7. The SMILES string of the molecule is Cc1noc2nc(-c3ccccc3C(F)(F)F)cc(C(=O)N3CCOC(C)(C)C3)c12. The van der Waals surface area contributed by atoms with E-state index in [1.54, 1.807) is 11.8 Å². The summed E-state index contributed by atoms with van der Waals surface area (Å²) in [5, 5.41) is 4.26. The van der Waals surface area contributed by atoms with Crippen LogP contribution in [0.15, 0.2) is 34.9 Å². The van der Waals surface area contributed by atoms with Crippen molar-refractivity contribution < 1.29 is 27.2 Å². The van der Waals surface area contributed by atoms with Crippen molar-refractivity contribution in [3.63, 3.8) is 0 Å². The first-order valence-corrected chi connectivity index (χ1v) is 9.44. The average Bonchev–Trinajstić information content (AvgIpc) is 3.06. The summed E-state index contributed by atoms with van der Waals surface area (Å²) in [7, 11) is 0. The monoisotopic (exact) mass is 419 g/mol. The number of hydrogen-bond donors (Lipinski definition) is 0. The first-order chi connectivity index (χ1) is 14.1. The van der Waals surface area contributed by atoms with E-state index in [0.29, 0.717) is 30.8 Å². The Morgan fingerprint density at radius 3 is 2.67 bits per heavy atom. The molecular formula is C21H20F3N3O3. The number of alkyl halides is 3. The van der Waals surface area contributed by atoms with Crippen LogP contribution in [0.4, 0.5) is 13.2 Å². The van der Waals surface area contributed by atoms with Crippen molar-refractivity contribution in [2.45, 2.75) is 32.5 Å². The molecule has 1 fully saturated rings. The minimum atomic E-state index is -4.57. The molecule has 30 heavy (non-hydrogen) atoms. The van der Waals surface area contributed by atoms with E-state index < -0.39 is 17.3 Å². The van der Waals surface area contributed by atoms with Crippen molar-refractivity contribution in [1.82, 2.24) is 15.0 Å². The topological polar surface area (TPSA) is 68.5 Å². The maximum absolute atomic E-state index is 13.5. The molecule has 1 amide bonds. The molecule has 1 aromatic carbocycles. The van der Waals surface area contributed by atoms with Crippen molar-refractivity contribution in [1.29, 1.82) is 0 Å². The van der Waals surface area contributed by atoms with E-state index in [9.17, 15) is 18.0 Å². The van der Waals surface area contributed by atoms with Crippen LogP contribution in [0.25, 0.3) is 22.4 Å². The molecule has 0 bridgehead atoms. The van der Waals surface area contributed by atoms with Gasteiger partial charge in [0.1, 0.15) is 0 Å². The Kier molecular flexibility index (Phi) is 4.80. The highest BCUT2D eigenvalue weighted by atomic mass is 19.4. The van der Waals surface area contributed by atoms with E-state index in [1.807, 2.05) is 13.8 Å². The van der Waals surface area contributed by atoms with Gasteiger partial charge in [-0.15, -0.1) is 0 Å². The van der Waals surface area contributed by atoms with Crippen LogP contribution in [-0.4, -0.2) is 46.2 Å². The Morgan fingerprint density at radius 1 is 1.23 bits per heavy atom. The number of carbonyl (C=O) groups excluding carboxylic acids is 1. The number of rotatable bonds is 2. The third kappa shape index (κ3) is 3.65. The lowest BCUT2D eigenvalue weighted by molar-refractivity contribution is -0.137. The van der Waals surface area contributed by atoms with Crippen LogP contribution < -0.4 is 0 Å². The molecule has 0 atom stereocenters. The number of aryl methyl sites for hydroxylation is 1. The van der Waals surface area contributed by atoms with Gasteiger partial charge in [-0.25, -0.2) is 4.98 Å². The normalized spacial score (nSPS) is 16.8. The van der Waals surface area contributed by atoms with Gasteiger partial charge in [0.15, 0.2) is 0 Å². The molecular weight excluding hydrogens is 399 g/mol. The standard InChI is InChI=1S/C21H20F3N3O3/c1-12-17-14(19(28)27-8-9-29-20(2,3)11-27)10-16(25-18(17)30-26-12)13-6-4-5-7-15(13)21(22,23)24/h4-7,10H,8-9,11H2,1-3H3. The quantitative estimate of drug-likeness (QED) is 0.613. The predicted molar refractivity (Wildman–Crippen MR) is 103 cm³/mol. The third-order valence-corrected chi connectivity index (χ3v) is 5.07. The number of aromatic nitrogens is 2. The van der Waals surface area contributed by atoms with Gasteiger partial charge < -0.3 is 14.2 Å². The lowest BCUT2D eigenvalue weighted by atomic mass is 9.99. The molecule has 0 aliphatic carbocycles. The summed E-state index contributed by atoms with van der Waals surface area (Å²) in [5.41, 5.74) is -0.792. The van der Waals surface area contributed by atoms with Crippen LogP contribution in [-0.2, 0) is 10.9 Å². The Balaban J connectivity index is 1.88. The first-order valence-electron chi connectivity index (χ1n) is 9.44. The summed E-state index contributed by atoms with van der Waals surface area (Å²) in [4.78, 5) is 19.2. The van der Waals surface area contributed by atoms with E-state index in [0.717, 1.165) is 6.07 Å². The van der Waals surface area contributed by atoms with Crippen molar-refractivity contribution >= 4 is 17.0 Å². The molecule has 6 nitrogen and oxygen atoms in total. The van der Waals surface area contributed by atoms with Gasteiger partial charge in [-0.3, -0.25) is 4.79 Å². The van der Waals surface area contributed by atoms with Gasteiger partial charge in [0, 0.05) is 18.7 Å². The number of nitrogens with zero attached hydrogens (tertiary/aromatic N) is 3. The van der Waals surface area contributed by atoms with Crippen LogP contribution in [0, 0.1) is 6.92 Å². The summed E-state index contributed by atoms with van der Waals surface area (Å²) in [6, 6.07) is 6.51. The average molecular weight is 419 g/mol. The van der Waals surface area contributed by atoms with Crippen molar-refractivity contribution in [2.75, 3.05) is 19.7 Å². The fourth-order valence-corrected chi connectivity index (χ4v) is 3.72. The Bertz CT molecular complexity index is 1120. The lowest BCUT2D eigenvalue weighted by Gasteiger charge is -2.38. The molecule has 3 heterocycles. The smallest absolute Gasteiger partial charge is 0.372 e. The van der Waals surface area contributed by atoms with Crippen molar-refractivity contribution in [2.24, 2.45) is 0 Å². The number of pyridine rings is 1. The zero-order chi connectivity index (χ0) is 21.7.